The first-order chi connectivity index (χ1) is 19.6. The number of anilines is 1. The van der Waals surface area contributed by atoms with Gasteiger partial charge in [-0.05, 0) is 98.9 Å². The number of carbonyl (C=O) groups excluding carboxylic acids is 1. The molecule has 0 spiro atoms. The van der Waals surface area contributed by atoms with Gasteiger partial charge in [0.1, 0.15) is 5.60 Å². The van der Waals surface area contributed by atoms with Gasteiger partial charge in [-0.3, -0.25) is 9.79 Å². The van der Waals surface area contributed by atoms with E-state index in [1.165, 1.54) is 7.11 Å². The number of carbonyl (C=O) groups is 1. The second-order valence-electron chi connectivity index (χ2n) is 11.2. The highest BCUT2D eigenvalue weighted by Crippen LogP contribution is 2.42. The number of phenols is 2. The Kier molecular flexibility index (Phi) is 11.5. The van der Waals surface area contributed by atoms with Crippen molar-refractivity contribution in [3.05, 3.63) is 53.6 Å². The molecule has 0 heterocycles. The summed E-state index contributed by atoms with van der Waals surface area (Å²) >= 11 is 0. The van der Waals surface area contributed by atoms with Crippen molar-refractivity contribution in [1.29, 1.82) is 0 Å². The van der Waals surface area contributed by atoms with Crippen molar-refractivity contribution >= 4 is 17.4 Å². The molecule has 6 N–H and O–H groups in total. The standard InChI is InChI=1S/C32H46N4O5/c1-21(2)24(10-12-25(37)11-8-22-9-13-27(38)28(18-22)40-5)16-23-17-26(36-31(33)35-4)30(39)29(19-23)41-32(20-34-3)14-6-7-15-32/h9-10,12-13,17-19,21,24,34,38-39H,6-8,11,14-16,20H2,1-5H3,(H3,33,35,36)/t24-/m0/s1. The number of aryl methyl sites for hydroxylation is 1. The zero-order valence-electron chi connectivity index (χ0n) is 25.0. The number of ketones is 1. The van der Waals surface area contributed by atoms with E-state index in [4.69, 9.17) is 15.2 Å². The number of methoxy groups -OCH3 is 1. The van der Waals surface area contributed by atoms with Crippen LogP contribution in [0.2, 0.25) is 0 Å². The van der Waals surface area contributed by atoms with Crippen LogP contribution in [0.4, 0.5) is 5.69 Å². The second kappa shape index (κ2) is 14.8. The fourth-order valence-electron chi connectivity index (χ4n) is 5.30. The lowest BCUT2D eigenvalue weighted by Gasteiger charge is -2.31. The summed E-state index contributed by atoms with van der Waals surface area (Å²) in [5.74, 6) is 1.45. The Labute approximate surface area is 243 Å². The van der Waals surface area contributed by atoms with E-state index in [9.17, 15) is 15.0 Å². The zero-order valence-corrected chi connectivity index (χ0v) is 25.0. The Morgan fingerprint density at radius 2 is 1.85 bits per heavy atom. The number of aliphatic imine (C=N–C) groups is 1. The number of ether oxygens (including phenoxy) is 2. The largest absolute Gasteiger partial charge is 0.504 e. The number of hydrogen-bond acceptors (Lipinski definition) is 7. The summed E-state index contributed by atoms with van der Waals surface area (Å²) < 4.78 is 11.7. The predicted octanol–water partition coefficient (Wildman–Crippen LogP) is 4.95. The third kappa shape index (κ3) is 8.88. The highest BCUT2D eigenvalue weighted by molar-refractivity contribution is 5.94. The van der Waals surface area contributed by atoms with E-state index >= 15 is 0 Å². The number of nitrogens with one attached hydrogen (secondary N) is 2. The molecule has 1 aliphatic rings. The first-order valence-corrected chi connectivity index (χ1v) is 14.4. The number of aromatic hydroxyl groups is 2. The minimum atomic E-state index is -0.377. The number of guanidine groups is 1. The quantitative estimate of drug-likeness (QED) is 0.0938. The lowest BCUT2D eigenvalue weighted by atomic mass is 9.88. The smallest absolute Gasteiger partial charge is 0.192 e. The number of nitrogens with two attached hydrogens (primary N) is 1. The molecule has 0 unspecified atom stereocenters. The summed E-state index contributed by atoms with van der Waals surface area (Å²) in [5.41, 5.74) is 7.88. The van der Waals surface area contributed by atoms with Crippen molar-refractivity contribution in [2.24, 2.45) is 22.6 Å². The average Bonchev–Trinajstić information content (AvgIpc) is 3.40. The zero-order chi connectivity index (χ0) is 30.0. The number of rotatable bonds is 14. The number of phenolic OH excluding ortho intramolecular Hbond substituents is 2. The Bertz CT molecular complexity index is 1230. The van der Waals surface area contributed by atoms with Gasteiger partial charge in [-0.2, -0.15) is 0 Å². The van der Waals surface area contributed by atoms with Crippen LogP contribution in [-0.4, -0.2) is 55.3 Å². The molecular weight excluding hydrogens is 520 g/mol. The first-order valence-electron chi connectivity index (χ1n) is 14.4. The van der Waals surface area contributed by atoms with Gasteiger partial charge in [0.05, 0.1) is 12.8 Å². The van der Waals surface area contributed by atoms with Gasteiger partial charge in [-0.25, -0.2) is 0 Å². The van der Waals surface area contributed by atoms with E-state index < -0.39 is 0 Å². The van der Waals surface area contributed by atoms with Gasteiger partial charge < -0.3 is 36.1 Å². The molecule has 224 valence electrons. The number of likely N-dealkylation sites (N-methyl/N-ethyl adjacent to an activating group) is 1. The van der Waals surface area contributed by atoms with Crippen LogP contribution >= 0.6 is 0 Å². The van der Waals surface area contributed by atoms with E-state index in [0.717, 1.165) is 36.8 Å². The molecule has 3 rings (SSSR count). The van der Waals surface area contributed by atoms with Crippen LogP contribution in [0, 0.1) is 11.8 Å². The van der Waals surface area contributed by atoms with Gasteiger partial charge in [0.25, 0.3) is 0 Å². The summed E-state index contributed by atoms with van der Waals surface area (Å²) in [6.07, 6.45) is 9.18. The molecule has 0 aromatic heterocycles. The fourth-order valence-corrected chi connectivity index (χ4v) is 5.30. The van der Waals surface area contributed by atoms with Crippen molar-refractivity contribution in [2.45, 2.75) is 64.4 Å². The maximum absolute atomic E-state index is 12.8. The monoisotopic (exact) mass is 566 g/mol. The van der Waals surface area contributed by atoms with E-state index in [1.807, 2.05) is 25.3 Å². The van der Waals surface area contributed by atoms with Gasteiger partial charge in [-0.15, -0.1) is 0 Å². The van der Waals surface area contributed by atoms with Gasteiger partial charge in [0, 0.05) is 20.0 Å². The van der Waals surface area contributed by atoms with E-state index in [1.54, 1.807) is 31.3 Å². The highest BCUT2D eigenvalue weighted by atomic mass is 16.5. The van der Waals surface area contributed by atoms with E-state index in [-0.39, 0.29) is 40.7 Å². The summed E-state index contributed by atoms with van der Waals surface area (Å²) in [7, 11) is 4.99. The van der Waals surface area contributed by atoms with Crippen molar-refractivity contribution < 1.29 is 24.5 Å². The van der Waals surface area contributed by atoms with Crippen LogP contribution in [0.1, 0.15) is 57.1 Å². The Morgan fingerprint density at radius 1 is 1.15 bits per heavy atom. The first kappa shape index (κ1) is 31.8. The van der Waals surface area contributed by atoms with Crippen LogP contribution in [0.5, 0.6) is 23.0 Å². The fraction of sp³-hybridized carbons (Fsp3) is 0.500. The molecule has 2 aromatic carbocycles. The summed E-state index contributed by atoms with van der Waals surface area (Å²) in [6, 6.07) is 8.89. The molecule has 0 radical (unpaired) electrons. The predicted molar refractivity (Wildman–Crippen MR) is 164 cm³/mol. The number of benzene rings is 2. The van der Waals surface area contributed by atoms with Gasteiger partial charge in [0.2, 0.25) is 0 Å². The van der Waals surface area contributed by atoms with E-state index in [0.29, 0.717) is 43.0 Å². The summed E-state index contributed by atoms with van der Waals surface area (Å²) in [5, 5.41) is 27.2. The summed E-state index contributed by atoms with van der Waals surface area (Å²) in [6.45, 7) is 4.94. The van der Waals surface area contributed by atoms with E-state index in [2.05, 4.69) is 29.5 Å². The normalized spacial score (nSPS) is 15.8. The molecule has 1 atom stereocenters. The minimum absolute atomic E-state index is 0.000376. The maximum Gasteiger partial charge on any atom is 0.192 e. The molecule has 0 bridgehead atoms. The van der Waals surface area contributed by atoms with Gasteiger partial charge in [-0.1, -0.05) is 26.0 Å². The molecule has 2 aromatic rings. The Morgan fingerprint density at radius 3 is 2.49 bits per heavy atom. The molecule has 1 aliphatic carbocycles. The highest BCUT2D eigenvalue weighted by Gasteiger charge is 2.36. The molecule has 0 aliphatic heterocycles. The minimum Gasteiger partial charge on any atom is -0.504 e. The molecule has 41 heavy (non-hydrogen) atoms. The van der Waals surface area contributed by atoms with Crippen molar-refractivity contribution in [2.75, 3.05) is 33.1 Å². The third-order valence-electron chi connectivity index (χ3n) is 7.74. The number of hydrogen-bond donors (Lipinski definition) is 5. The van der Waals surface area contributed by atoms with Crippen LogP contribution in [0.15, 0.2) is 47.5 Å². The third-order valence-corrected chi connectivity index (χ3v) is 7.74. The molecule has 0 saturated heterocycles. The topological polar surface area (TPSA) is 138 Å². The van der Waals surface area contributed by atoms with Gasteiger partial charge in [0.15, 0.2) is 34.7 Å². The Hall–Kier alpha value is -3.72. The summed E-state index contributed by atoms with van der Waals surface area (Å²) in [4.78, 5) is 16.7. The maximum atomic E-state index is 12.8. The van der Waals surface area contributed by atoms with Crippen molar-refractivity contribution in [3.8, 4) is 23.0 Å². The molecular formula is C32H46N4O5. The molecule has 9 heteroatoms. The van der Waals surface area contributed by atoms with Crippen molar-refractivity contribution in [3.63, 3.8) is 0 Å². The van der Waals surface area contributed by atoms with Crippen LogP contribution < -0.4 is 25.8 Å². The molecule has 9 nitrogen and oxygen atoms in total. The number of nitrogens with zero attached hydrogens (tertiary/aromatic N) is 1. The van der Waals surface area contributed by atoms with Crippen LogP contribution in [-0.2, 0) is 17.6 Å². The van der Waals surface area contributed by atoms with Crippen LogP contribution in [0.25, 0.3) is 0 Å². The number of allylic oxidation sites excluding steroid dienone is 2. The Balaban J connectivity index is 1.79. The lowest BCUT2D eigenvalue weighted by molar-refractivity contribution is -0.114. The average molecular weight is 567 g/mol. The second-order valence-corrected chi connectivity index (χ2v) is 11.2. The SMILES string of the molecule is CN=C(N)Nc1cc(C[C@H](C=CC(=O)CCc2ccc(O)c(OC)c2)C(C)C)cc(OC2(CNC)CCCC2)c1O. The molecule has 0 amide bonds. The lowest BCUT2D eigenvalue weighted by Crippen LogP contribution is -2.42. The molecule has 1 saturated carbocycles. The van der Waals surface area contributed by atoms with Crippen molar-refractivity contribution in [1.82, 2.24) is 5.32 Å². The van der Waals surface area contributed by atoms with Gasteiger partial charge >= 0.3 is 0 Å². The molecule has 1 fully saturated rings. The van der Waals surface area contributed by atoms with Crippen LogP contribution in [0.3, 0.4) is 0 Å².